The van der Waals surface area contributed by atoms with E-state index in [4.69, 9.17) is 16.3 Å². The van der Waals surface area contributed by atoms with Crippen LogP contribution < -0.4 is 4.72 Å². The predicted octanol–water partition coefficient (Wildman–Crippen LogP) is 4.40. The molecule has 0 radical (unpaired) electrons. The maximum atomic E-state index is 15.6. The van der Waals surface area contributed by atoms with E-state index < -0.39 is 39.6 Å². The molecule has 3 aliphatic rings. The minimum atomic E-state index is -3.56. The van der Waals surface area contributed by atoms with Crippen LogP contribution in [0.2, 0.25) is 5.02 Å². The van der Waals surface area contributed by atoms with Crippen molar-refractivity contribution in [3.8, 4) is 11.3 Å². The largest absolute Gasteiger partial charge is 0.444 e. The highest BCUT2D eigenvalue weighted by molar-refractivity contribution is 7.88. The van der Waals surface area contributed by atoms with Gasteiger partial charge in [0, 0.05) is 28.9 Å². The molecule has 2 bridgehead atoms. The lowest BCUT2D eigenvalue weighted by Gasteiger charge is -2.57. The number of benzene rings is 1. The molecule has 34 heavy (non-hydrogen) atoms. The third-order valence-electron chi connectivity index (χ3n) is 6.27. The van der Waals surface area contributed by atoms with Gasteiger partial charge in [0.05, 0.1) is 12.3 Å². The second kappa shape index (κ2) is 9.09. The molecular formula is C24H29ClFN3O4S. The van der Waals surface area contributed by atoms with Gasteiger partial charge in [0.15, 0.2) is 5.82 Å². The highest BCUT2D eigenvalue weighted by Crippen LogP contribution is 2.45. The van der Waals surface area contributed by atoms with Crippen LogP contribution >= 0.6 is 11.6 Å². The molecule has 1 amide bonds. The number of sulfonamides is 1. The Bertz CT molecular complexity index is 1190. The summed E-state index contributed by atoms with van der Waals surface area (Å²) in [6.45, 7) is 5.33. The lowest BCUT2D eigenvalue weighted by molar-refractivity contribution is -0.0652. The monoisotopic (exact) mass is 509 g/mol. The summed E-state index contributed by atoms with van der Waals surface area (Å²) >= 11 is 6.08. The third-order valence-corrected chi connectivity index (χ3v) is 7.21. The molecule has 5 rings (SSSR count). The molecule has 2 unspecified atom stereocenters. The van der Waals surface area contributed by atoms with E-state index in [1.165, 1.54) is 6.20 Å². The minimum Gasteiger partial charge on any atom is -0.444 e. The first-order valence-electron chi connectivity index (χ1n) is 11.2. The number of hydrogen-bond donors (Lipinski definition) is 1. The van der Waals surface area contributed by atoms with Crippen LogP contribution in [0.15, 0.2) is 36.5 Å². The molecule has 10 heteroatoms. The molecule has 1 aromatic carbocycles. The molecule has 184 valence electrons. The summed E-state index contributed by atoms with van der Waals surface area (Å²) in [6, 6.07) is 7.11. The molecule has 3 fully saturated rings. The van der Waals surface area contributed by atoms with Crippen LogP contribution in [0.25, 0.3) is 11.3 Å². The third kappa shape index (κ3) is 5.37. The van der Waals surface area contributed by atoms with Gasteiger partial charge in [-0.05, 0) is 69.7 Å². The SMILES string of the molecule is CC(C)(C)OC(=O)N1C2CC(C2)C(NS(C)(=O)=O)C1Cc1ccnc(-c2cccc(Cl)c2)c1F. The molecule has 0 spiro atoms. The van der Waals surface area contributed by atoms with Crippen molar-refractivity contribution >= 4 is 27.7 Å². The first-order valence-corrected chi connectivity index (χ1v) is 13.5. The van der Waals surface area contributed by atoms with E-state index in [2.05, 4.69) is 9.71 Å². The highest BCUT2D eigenvalue weighted by atomic mass is 35.5. The fraction of sp³-hybridized carbons (Fsp3) is 0.500. The van der Waals surface area contributed by atoms with E-state index in [1.54, 1.807) is 56.0 Å². The maximum absolute atomic E-state index is 15.6. The van der Waals surface area contributed by atoms with Crippen molar-refractivity contribution in [3.05, 3.63) is 52.9 Å². The normalized spacial score (nSPS) is 24.5. The van der Waals surface area contributed by atoms with Crippen LogP contribution in [0.1, 0.15) is 39.2 Å². The van der Waals surface area contributed by atoms with Crippen LogP contribution in [-0.4, -0.2) is 54.4 Å². The average Bonchev–Trinajstić information content (AvgIpc) is 2.66. The van der Waals surface area contributed by atoms with Crippen molar-refractivity contribution < 1.29 is 22.3 Å². The molecule has 2 saturated heterocycles. The summed E-state index contributed by atoms with van der Waals surface area (Å²) < 4.78 is 48.3. The van der Waals surface area contributed by atoms with Gasteiger partial charge < -0.3 is 9.64 Å². The van der Waals surface area contributed by atoms with E-state index in [9.17, 15) is 13.2 Å². The Labute approximate surface area is 204 Å². The molecule has 1 aliphatic carbocycles. The predicted molar refractivity (Wildman–Crippen MR) is 128 cm³/mol. The zero-order chi connectivity index (χ0) is 24.8. The first-order chi connectivity index (χ1) is 15.8. The van der Waals surface area contributed by atoms with Crippen molar-refractivity contribution in [2.45, 2.75) is 63.8 Å². The van der Waals surface area contributed by atoms with Gasteiger partial charge in [-0.2, -0.15) is 0 Å². The number of nitrogens with zero attached hydrogens (tertiary/aromatic N) is 2. The first kappa shape index (κ1) is 24.9. The lowest BCUT2D eigenvalue weighted by atomic mass is 9.67. The molecule has 2 atom stereocenters. The van der Waals surface area contributed by atoms with Gasteiger partial charge in [-0.1, -0.05) is 23.7 Å². The Morgan fingerprint density at radius 3 is 2.62 bits per heavy atom. The van der Waals surface area contributed by atoms with Crippen LogP contribution in [0.3, 0.4) is 0 Å². The van der Waals surface area contributed by atoms with Gasteiger partial charge in [-0.15, -0.1) is 0 Å². The molecular weight excluding hydrogens is 481 g/mol. The summed E-state index contributed by atoms with van der Waals surface area (Å²) in [6.07, 6.45) is 3.55. The topological polar surface area (TPSA) is 88.6 Å². The zero-order valence-electron chi connectivity index (χ0n) is 19.6. The van der Waals surface area contributed by atoms with Crippen molar-refractivity contribution in [3.63, 3.8) is 0 Å². The number of aromatic nitrogens is 1. The summed E-state index contributed by atoms with van der Waals surface area (Å²) in [5, 5.41) is 0.463. The number of pyridine rings is 1. The molecule has 7 nitrogen and oxygen atoms in total. The number of carbonyl (C=O) groups excluding carboxylic acids is 1. The summed E-state index contributed by atoms with van der Waals surface area (Å²) in [7, 11) is -3.56. The minimum absolute atomic E-state index is 0.0697. The van der Waals surface area contributed by atoms with E-state index in [-0.39, 0.29) is 24.1 Å². The Hall–Kier alpha value is -2.23. The van der Waals surface area contributed by atoms with Crippen LogP contribution in [0.4, 0.5) is 9.18 Å². The van der Waals surface area contributed by atoms with Gasteiger partial charge in [0.1, 0.15) is 11.3 Å². The van der Waals surface area contributed by atoms with Gasteiger partial charge in [0.25, 0.3) is 0 Å². The number of amides is 1. The number of rotatable bonds is 5. The summed E-state index contributed by atoms with van der Waals surface area (Å²) in [5.41, 5.74) is 0.305. The summed E-state index contributed by atoms with van der Waals surface area (Å²) in [5.74, 6) is -0.452. The molecule has 1 saturated carbocycles. The number of nitrogens with one attached hydrogen (secondary N) is 1. The molecule has 2 aromatic rings. The number of carbonyl (C=O) groups is 1. The van der Waals surface area contributed by atoms with Crippen LogP contribution in [0, 0.1) is 11.7 Å². The smallest absolute Gasteiger partial charge is 0.410 e. The van der Waals surface area contributed by atoms with Gasteiger partial charge >= 0.3 is 6.09 Å². The van der Waals surface area contributed by atoms with E-state index >= 15 is 4.39 Å². The number of hydrogen-bond acceptors (Lipinski definition) is 5. The van der Waals surface area contributed by atoms with Crippen molar-refractivity contribution in [2.24, 2.45) is 5.92 Å². The Morgan fingerprint density at radius 2 is 2.00 bits per heavy atom. The number of fused-ring (bicyclic) bond motifs is 2. The van der Waals surface area contributed by atoms with Crippen LogP contribution in [0.5, 0.6) is 0 Å². The highest BCUT2D eigenvalue weighted by Gasteiger charge is 2.54. The number of ether oxygens (including phenoxy) is 1. The zero-order valence-corrected chi connectivity index (χ0v) is 21.2. The number of halogens is 2. The Morgan fingerprint density at radius 1 is 1.29 bits per heavy atom. The second-order valence-electron chi connectivity index (χ2n) is 10.1. The fourth-order valence-corrected chi connectivity index (χ4v) is 5.89. The fourth-order valence-electron chi connectivity index (χ4n) is 4.86. The number of piperidine rings is 2. The van der Waals surface area contributed by atoms with Gasteiger partial charge in [-0.3, -0.25) is 4.98 Å². The molecule has 1 N–H and O–H groups in total. The molecule has 3 heterocycles. The van der Waals surface area contributed by atoms with Crippen molar-refractivity contribution in [1.29, 1.82) is 0 Å². The van der Waals surface area contributed by atoms with E-state index in [0.29, 0.717) is 29.0 Å². The standard InChI is InChI=1S/C24H29ClFN3O4S/c1-24(2,3)33-23(30)29-18-11-16(12-18)21(28-34(4,31)32)19(29)13-14-8-9-27-22(20(14)26)15-6-5-7-17(25)10-15/h5-10,16,18-19,21,28H,11-13H2,1-4H3. The maximum Gasteiger partial charge on any atom is 0.410 e. The Kier molecular flexibility index (Phi) is 6.65. The van der Waals surface area contributed by atoms with Crippen molar-refractivity contribution in [2.75, 3.05) is 6.26 Å². The second-order valence-corrected chi connectivity index (χ2v) is 12.3. The van der Waals surface area contributed by atoms with Gasteiger partial charge in [0.2, 0.25) is 10.0 Å². The van der Waals surface area contributed by atoms with Crippen molar-refractivity contribution in [1.82, 2.24) is 14.6 Å². The lowest BCUT2D eigenvalue weighted by Crippen LogP contribution is -2.70. The summed E-state index contributed by atoms with van der Waals surface area (Å²) in [4.78, 5) is 19.0. The quantitative estimate of drug-likeness (QED) is 0.645. The van der Waals surface area contributed by atoms with Gasteiger partial charge in [-0.25, -0.2) is 22.3 Å². The molecule has 2 aliphatic heterocycles. The average molecular weight is 510 g/mol. The van der Waals surface area contributed by atoms with E-state index in [0.717, 1.165) is 6.26 Å². The van der Waals surface area contributed by atoms with Crippen LogP contribution in [-0.2, 0) is 21.2 Å². The van der Waals surface area contributed by atoms with E-state index in [1.807, 2.05) is 0 Å². The Balaban J connectivity index is 1.71. The molecule has 1 aromatic heterocycles.